The topological polar surface area (TPSA) is 131 Å². The van der Waals surface area contributed by atoms with Crippen LogP contribution in [-0.2, 0) is 28.3 Å². The molecule has 1 aromatic carbocycles. The van der Waals surface area contributed by atoms with Crippen LogP contribution in [0.25, 0.3) is 0 Å². The molecule has 0 aliphatic carbocycles. The van der Waals surface area contributed by atoms with Gasteiger partial charge in [0.15, 0.2) is 0 Å². The normalized spacial score (nSPS) is 18.1. The van der Waals surface area contributed by atoms with Crippen molar-refractivity contribution in [3.63, 3.8) is 0 Å². The van der Waals surface area contributed by atoms with Gasteiger partial charge in [-0.3, -0.25) is 4.79 Å². The summed E-state index contributed by atoms with van der Waals surface area (Å²) in [5, 5.41) is 2.73. The van der Waals surface area contributed by atoms with Crippen molar-refractivity contribution in [2.24, 2.45) is 7.05 Å². The second-order valence-electron chi connectivity index (χ2n) is 8.65. The first-order valence-electron chi connectivity index (χ1n) is 11.6. The molecular weight excluding hydrogens is 488 g/mol. The molecule has 5 rings (SSSR count). The first-order chi connectivity index (χ1) is 17.4. The second-order valence-corrected chi connectivity index (χ2v) is 10.1. The van der Waals surface area contributed by atoms with Gasteiger partial charge < -0.3 is 28.3 Å². The van der Waals surface area contributed by atoms with Crippen LogP contribution in [0.15, 0.2) is 54.1 Å². The summed E-state index contributed by atoms with van der Waals surface area (Å²) < 4.78 is 49.2. The van der Waals surface area contributed by atoms with E-state index in [2.05, 4.69) is 15.3 Å². The highest BCUT2D eigenvalue weighted by molar-refractivity contribution is 7.87. The van der Waals surface area contributed by atoms with E-state index in [-0.39, 0.29) is 29.4 Å². The highest BCUT2D eigenvalue weighted by Gasteiger charge is 2.28. The zero-order valence-corrected chi connectivity index (χ0v) is 20.4. The molecule has 1 unspecified atom stereocenters. The Balaban J connectivity index is 1.24. The molecule has 0 radical (unpaired) electrons. The fourth-order valence-electron chi connectivity index (χ4n) is 4.04. The molecule has 0 bridgehead atoms. The molecule has 1 fully saturated rings. The third-order valence-electron chi connectivity index (χ3n) is 5.91. The zero-order chi connectivity index (χ0) is 25.1. The molecule has 2 aliphatic heterocycles. The summed E-state index contributed by atoms with van der Waals surface area (Å²) >= 11 is 0. The molecule has 0 spiro atoms. The van der Waals surface area contributed by atoms with Crippen molar-refractivity contribution in [3.05, 3.63) is 60.2 Å². The number of nitrogens with one attached hydrogen (secondary N) is 1. The van der Waals surface area contributed by atoms with Gasteiger partial charge >= 0.3 is 10.1 Å². The zero-order valence-electron chi connectivity index (χ0n) is 19.6. The van der Waals surface area contributed by atoms with Crippen LogP contribution in [0.2, 0.25) is 0 Å². The average molecular weight is 515 g/mol. The Labute approximate surface area is 208 Å². The number of aryl methyl sites for hydroxylation is 1. The molecule has 1 saturated heterocycles. The summed E-state index contributed by atoms with van der Waals surface area (Å²) in [6.45, 7) is 1.56. The number of benzene rings is 1. The number of aromatic nitrogens is 3. The Kier molecular flexibility index (Phi) is 6.79. The van der Waals surface area contributed by atoms with Gasteiger partial charge in [0, 0.05) is 50.3 Å². The van der Waals surface area contributed by atoms with E-state index in [4.69, 9.17) is 18.4 Å². The summed E-state index contributed by atoms with van der Waals surface area (Å²) in [5.41, 5.74) is 0.925. The second kappa shape index (κ2) is 10.2. The van der Waals surface area contributed by atoms with Crippen molar-refractivity contribution in [1.29, 1.82) is 0 Å². The fraction of sp³-hybridized carbons (Fsp3) is 0.375. The van der Waals surface area contributed by atoms with E-state index in [0.29, 0.717) is 42.4 Å². The van der Waals surface area contributed by atoms with E-state index in [1.165, 1.54) is 23.3 Å². The summed E-state index contributed by atoms with van der Waals surface area (Å²) in [4.78, 5) is 20.9. The van der Waals surface area contributed by atoms with Gasteiger partial charge in [-0.25, -0.2) is 9.97 Å². The van der Waals surface area contributed by atoms with E-state index in [1.54, 1.807) is 37.4 Å². The molecule has 36 heavy (non-hydrogen) atoms. The Morgan fingerprint density at radius 3 is 2.72 bits per heavy atom. The number of ether oxygens (including phenoxy) is 3. The molecule has 2 aliphatic rings. The van der Waals surface area contributed by atoms with Crippen LogP contribution in [0.1, 0.15) is 28.8 Å². The lowest BCUT2D eigenvalue weighted by Gasteiger charge is -2.27. The number of imidazole rings is 1. The van der Waals surface area contributed by atoms with Crippen LogP contribution in [0.5, 0.6) is 17.4 Å². The van der Waals surface area contributed by atoms with E-state index in [1.807, 2.05) is 0 Å². The van der Waals surface area contributed by atoms with Gasteiger partial charge in [-0.1, -0.05) is 6.07 Å². The quantitative estimate of drug-likeness (QED) is 0.470. The number of fused-ring (bicyclic) bond motifs is 1. The van der Waals surface area contributed by atoms with E-state index >= 15 is 0 Å². The number of nitrogens with zero attached hydrogens (tertiary/aromatic N) is 3. The Morgan fingerprint density at radius 2 is 2.00 bits per heavy atom. The number of hydrogen-bond acceptors (Lipinski definition) is 9. The third kappa shape index (κ3) is 5.44. The van der Waals surface area contributed by atoms with E-state index in [0.717, 1.165) is 12.8 Å². The molecule has 4 heterocycles. The number of pyridine rings is 1. The van der Waals surface area contributed by atoms with Gasteiger partial charge in [0.2, 0.25) is 10.9 Å². The molecule has 0 saturated carbocycles. The van der Waals surface area contributed by atoms with E-state index in [9.17, 15) is 13.2 Å². The lowest BCUT2D eigenvalue weighted by molar-refractivity contribution is 0.0237. The van der Waals surface area contributed by atoms with Gasteiger partial charge in [0.05, 0.1) is 31.1 Å². The van der Waals surface area contributed by atoms with Crippen molar-refractivity contribution < 1.29 is 31.6 Å². The highest BCUT2D eigenvalue weighted by Crippen LogP contribution is 2.34. The number of carbonyl (C=O) groups is 1. The Hall–Kier alpha value is -3.64. The van der Waals surface area contributed by atoms with Crippen LogP contribution in [0.3, 0.4) is 0 Å². The number of amides is 1. The molecule has 11 nitrogen and oxygen atoms in total. The van der Waals surface area contributed by atoms with Gasteiger partial charge in [-0.15, -0.1) is 0 Å². The summed E-state index contributed by atoms with van der Waals surface area (Å²) in [5.74, 6) is 0.778. The predicted molar refractivity (Wildman–Crippen MR) is 127 cm³/mol. The molecule has 1 amide bonds. The average Bonchev–Trinajstić information content (AvgIpc) is 3.33. The molecule has 3 aromatic rings. The molecule has 190 valence electrons. The van der Waals surface area contributed by atoms with Crippen molar-refractivity contribution in [1.82, 2.24) is 19.9 Å². The highest BCUT2D eigenvalue weighted by atomic mass is 32.2. The smallest absolute Gasteiger partial charge is 0.358 e. The first-order valence-corrected chi connectivity index (χ1v) is 13.0. The minimum atomic E-state index is -4.13. The standard InChI is InChI=1S/C24H26N4O7S/c1-28-13-23(26-15-28)36(30,31)35-21-4-2-3-20-19(21)11-17(14-33-20)27-24(29)16-5-6-22(25-12-16)34-18-7-9-32-10-8-18/h2-6,12-13,15,17-18H,7-11,14H2,1H3,(H,27,29). The molecule has 2 aromatic heterocycles. The largest absolute Gasteiger partial charge is 0.491 e. The maximum Gasteiger partial charge on any atom is 0.358 e. The van der Waals surface area contributed by atoms with Crippen molar-refractivity contribution in [2.45, 2.75) is 36.4 Å². The van der Waals surface area contributed by atoms with Gasteiger partial charge in [0.25, 0.3) is 5.91 Å². The van der Waals surface area contributed by atoms with Crippen LogP contribution in [0.4, 0.5) is 0 Å². The molecular formula is C24H26N4O7S. The third-order valence-corrected chi connectivity index (χ3v) is 7.03. The maximum absolute atomic E-state index is 12.8. The number of hydrogen-bond donors (Lipinski definition) is 1. The summed E-state index contributed by atoms with van der Waals surface area (Å²) in [7, 11) is -2.46. The monoisotopic (exact) mass is 514 g/mol. The SMILES string of the molecule is Cn1cnc(S(=O)(=O)Oc2cccc3c2CC(NC(=O)c2ccc(OC4CCOCC4)nc2)CO3)c1. The number of carbonyl (C=O) groups excluding carboxylic acids is 1. The maximum atomic E-state index is 12.8. The first kappa shape index (κ1) is 24.1. The van der Waals surface area contributed by atoms with Crippen LogP contribution in [-0.4, -0.2) is 60.8 Å². The molecule has 12 heteroatoms. The Bertz CT molecular complexity index is 1330. The minimum absolute atomic E-state index is 0.0586. The van der Waals surface area contributed by atoms with Crippen LogP contribution in [0, 0.1) is 0 Å². The van der Waals surface area contributed by atoms with E-state index < -0.39 is 16.2 Å². The Morgan fingerprint density at radius 1 is 1.17 bits per heavy atom. The molecule has 1 N–H and O–H groups in total. The van der Waals surface area contributed by atoms with Crippen molar-refractivity contribution in [3.8, 4) is 17.4 Å². The van der Waals surface area contributed by atoms with Gasteiger partial charge in [-0.2, -0.15) is 8.42 Å². The van der Waals surface area contributed by atoms with Crippen molar-refractivity contribution >= 4 is 16.0 Å². The van der Waals surface area contributed by atoms with Crippen LogP contribution < -0.4 is 19.0 Å². The van der Waals surface area contributed by atoms with Crippen LogP contribution >= 0.6 is 0 Å². The fourth-order valence-corrected chi connectivity index (χ4v) is 4.99. The van der Waals surface area contributed by atoms with Crippen molar-refractivity contribution in [2.75, 3.05) is 19.8 Å². The van der Waals surface area contributed by atoms with Gasteiger partial charge in [0.1, 0.15) is 24.2 Å². The number of rotatable bonds is 7. The molecule has 1 atom stereocenters. The summed E-state index contributed by atoms with van der Waals surface area (Å²) in [6, 6.07) is 7.86. The van der Waals surface area contributed by atoms with Gasteiger partial charge in [-0.05, 0) is 18.2 Å². The summed E-state index contributed by atoms with van der Waals surface area (Å²) in [6.07, 6.45) is 6.21. The lowest BCUT2D eigenvalue weighted by atomic mass is 10.0. The predicted octanol–water partition coefficient (Wildman–Crippen LogP) is 1.87. The minimum Gasteiger partial charge on any atom is -0.491 e. The lowest BCUT2D eigenvalue weighted by Crippen LogP contribution is -2.42.